The highest BCUT2D eigenvalue weighted by Crippen LogP contribution is 2.32. The van der Waals surface area contributed by atoms with Gasteiger partial charge in [0.2, 0.25) is 0 Å². The number of nitrogens with one attached hydrogen (secondary N) is 1. The first-order chi connectivity index (χ1) is 13.1. The van der Waals surface area contributed by atoms with Crippen LogP contribution in [-0.2, 0) is 10.5 Å². The fourth-order valence-corrected chi connectivity index (χ4v) is 5.02. The molecule has 2 aromatic heterocycles. The first kappa shape index (κ1) is 19.9. The number of carbonyl (C=O) groups excluding carboxylic acids is 1. The molecule has 140 valence electrons. The molecule has 1 amide bonds. The smallest absolute Gasteiger partial charge is 0.250 e. The molecule has 27 heavy (non-hydrogen) atoms. The van der Waals surface area contributed by atoms with E-state index >= 15 is 0 Å². The van der Waals surface area contributed by atoms with Crippen LogP contribution in [0.2, 0.25) is 5.02 Å². The second-order valence-corrected chi connectivity index (χ2v) is 9.07. The van der Waals surface area contributed by atoms with Gasteiger partial charge in [-0.3, -0.25) is 4.79 Å². The zero-order valence-corrected chi connectivity index (χ0v) is 17.4. The van der Waals surface area contributed by atoms with E-state index in [0.717, 1.165) is 30.8 Å². The highest BCUT2D eigenvalue weighted by molar-refractivity contribution is 8.03. The van der Waals surface area contributed by atoms with Crippen molar-refractivity contribution in [2.45, 2.75) is 21.4 Å². The van der Waals surface area contributed by atoms with E-state index in [4.69, 9.17) is 16.0 Å². The number of benzene rings is 1. The third kappa shape index (κ3) is 6.39. The van der Waals surface area contributed by atoms with Gasteiger partial charge < -0.3 is 4.42 Å². The maximum absolute atomic E-state index is 11.8. The number of amides is 1. The van der Waals surface area contributed by atoms with Crippen LogP contribution in [0.5, 0.6) is 0 Å². The second kappa shape index (κ2) is 9.93. The first-order valence-electron chi connectivity index (χ1n) is 7.81. The molecule has 0 aliphatic rings. The fraction of sp³-hybridized carbons (Fsp3) is 0.176. The van der Waals surface area contributed by atoms with E-state index in [1.165, 1.54) is 29.3 Å². The monoisotopic (exact) mass is 438 g/mol. The number of aromatic nitrogens is 2. The van der Waals surface area contributed by atoms with E-state index in [9.17, 15) is 4.79 Å². The van der Waals surface area contributed by atoms with Crippen molar-refractivity contribution in [1.29, 1.82) is 0 Å². The maximum atomic E-state index is 11.8. The molecule has 3 rings (SSSR count). The lowest BCUT2D eigenvalue weighted by molar-refractivity contribution is -0.118. The Kier molecular flexibility index (Phi) is 7.33. The van der Waals surface area contributed by atoms with Crippen molar-refractivity contribution in [3.63, 3.8) is 0 Å². The van der Waals surface area contributed by atoms with Gasteiger partial charge in [-0.25, -0.2) is 5.43 Å². The van der Waals surface area contributed by atoms with Crippen molar-refractivity contribution < 1.29 is 9.21 Å². The molecule has 6 nitrogen and oxygen atoms in total. The summed E-state index contributed by atoms with van der Waals surface area (Å²) in [4.78, 5) is 11.8. The van der Waals surface area contributed by atoms with E-state index in [2.05, 4.69) is 20.7 Å². The van der Waals surface area contributed by atoms with Crippen LogP contribution in [-0.4, -0.2) is 28.1 Å². The summed E-state index contributed by atoms with van der Waals surface area (Å²) >= 11 is 10.5. The molecule has 10 heteroatoms. The SMILES string of the molecule is Cc1ccc(C=NNC(=O)CSc2nnc(SCc3ccccc3Cl)s2)o1. The Balaban J connectivity index is 1.41. The quantitative estimate of drug-likeness (QED) is 0.314. The standard InChI is InChI=1S/C17H15ClN4O2S3/c1-11-6-7-13(24-11)8-19-20-15(23)10-26-17-22-21-16(27-17)25-9-12-4-2-3-5-14(12)18/h2-8H,9-10H2,1H3,(H,20,23). The summed E-state index contributed by atoms with van der Waals surface area (Å²) in [6.07, 6.45) is 1.46. The zero-order valence-electron chi connectivity index (χ0n) is 14.2. The van der Waals surface area contributed by atoms with Gasteiger partial charge in [0.15, 0.2) is 8.68 Å². The lowest BCUT2D eigenvalue weighted by Crippen LogP contribution is -2.19. The number of thioether (sulfide) groups is 2. The van der Waals surface area contributed by atoms with Gasteiger partial charge in [-0.05, 0) is 30.7 Å². The minimum Gasteiger partial charge on any atom is -0.460 e. The number of furan rings is 1. The lowest BCUT2D eigenvalue weighted by Gasteiger charge is -2.00. The number of aryl methyl sites for hydroxylation is 1. The molecule has 0 aliphatic carbocycles. The summed E-state index contributed by atoms with van der Waals surface area (Å²) in [5.74, 6) is 2.08. The number of hydrogen-bond acceptors (Lipinski definition) is 8. The topological polar surface area (TPSA) is 80.4 Å². The summed E-state index contributed by atoms with van der Waals surface area (Å²) in [5.41, 5.74) is 3.51. The van der Waals surface area contributed by atoms with Crippen LogP contribution in [0.3, 0.4) is 0 Å². The van der Waals surface area contributed by atoms with Gasteiger partial charge in [0, 0.05) is 10.8 Å². The highest BCUT2D eigenvalue weighted by Gasteiger charge is 2.09. The maximum Gasteiger partial charge on any atom is 0.250 e. The number of hydrazone groups is 1. The van der Waals surface area contributed by atoms with Crippen molar-refractivity contribution >= 4 is 58.6 Å². The van der Waals surface area contributed by atoms with E-state index < -0.39 is 0 Å². The van der Waals surface area contributed by atoms with Crippen molar-refractivity contribution in [2.75, 3.05) is 5.75 Å². The molecule has 0 atom stereocenters. The van der Waals surface area contributed by atoms with Gasteiger partial charge >= 0.3 is 0 Å². The first-order valence-corrected chi connectivity index (χ1v) is 11.0. The minimum atomic E-state index is -0.222. The van der Waals surface area contributed by atoms with Crippen LogP contribution in [0.4, 0.5) is 0 Å². The second-order valence-electron chi connectivity index (χ2n) is 5.24. The summed E-state index contributed by atoms with van der Waals surface area (Å²) in [5, 5.41) is 12.8. The van der Waals surface area contributed by atoms with E-state index in [1.807, 2.05) is 37.3 Å². The number of hydrogen-bond donors (Lipinski definition) is 1. The van der Waals surface area contributed by atoms with Gasteiger partial charge in [-0.15, -0.1) is 10.2 Å². The molecular weight excluding hydrogens is 424 g/mol. The Bertz CT molecular complexity index is 942. The molecular formula is C17H15ClN4O2S3. The summed E-state index contributed by atoms with van der Waals surface area (Å²) in [6.45, 7) is 1.84. The van der Waals surface area contributed by atoms with Crippen molar-refractivity contribution in [3.05, 3.63) is 58.5 Å². The average molecular weight is 439 g/mol. The van der Waals surface area contributed by atoms with Crippen LogP contribution in [0.25, 0.3) is 0 Å². The Morgan fingerprint density at radius 2 is 2.04 bits per heavy atom. The number of carbonyl (C=O) groups is 1. The molecule has 0 saturated carbocycles. The van der Waals surface area contributed by atoms with Crippen LogP contribution >= 0.6 is 46.5 Å². The molecule has 3 aromatic rings. The summed E-state index contributed by atoms with van der Waals surface area (Å²) < 4.78 is 6.90. The van der Waals surface area contributed by atoms with Crippen LogP contribution < -0.4 is 5.43 Å². The third-order valence-electron chi connectivity index (χ3n) is 3.17. The molecule has 0 saturated heterocycles. The number of nitrogens with zero attached hydrogens (tertiary/aromatic N) is 3. The molecule has 0 unspecified atom stereocenters. The molecule has 1 N–H and O–H groups in total. The van der Waals surface area contributed by atoms with E-state index in [-0.39, 0.29) is 11.7 Å². The van der Waals surface area contributed by atoms with Gasteiger partial charge in [0.05, 0.1) is 12.0 Å². The Hall–Kier alpha value is -1.81. The van der Waals surface area contributed by atoms with Gasteiger partial charge in [-0.2, -0.15) is 5.10 Å². The predicted octanol–water partition coefficient (Wildman–Crippen LogP) is 4.63. The molecule has 0 aliphatic heterocycles. The van der Waals surface area contributed by atoms with Gasteiger partial charge in [-0.1, -0.05) is 64.7 Å². The van der Waals surface area contributed by atoms with Crippen LogP contribution in [0, 0.1) is 6.92 Å². The zero-order chi connectivity index (χ0) is 19.1. The van der Waals surface area contributed by atoms with Crippen molar-refractivity contribution in [3.8, 4) is 0 Å². The molecule has 2 heterocycles. The van der Waals surface area contributed by atoms with Crippen LogP contribution in [0.1, 0.15) is 17.1 Å². The Morgan fingerprint density at radius 1 is 1.26 bits per heavy atom. The molecule has 0 bridgehead atoms. The molecule has 0 spiro atoms. The summed E-state index contributed by atoms with van der Waals surface area (Å²) in [6, 6.07) is 11.3. The van der Waals surface area contributed by atoms with Crippen molar-refractivity contribution in [1.82, 2.24) is 15.6 Å². The molecule has 0 radical (unpaired) electrons. The van der Waals surface area contributed by atoms with Crippen molar-refractivity contribution in [2.24, 2.45) is 5.10 Å². The fourth-order valence-electron chi connectivity index (χ4n) is 1.92. The van der Waals surface area contributed by atoms with Gasteiger partial charge in [0.25, 0.3) is 5.91 Å². The molecule has 1 aromatic carbocycles. The largest absolute Gasteiger partial charge is 0.460 e. The van der Waals surface area contributed by atoms with E-state index in [0.29, 0.717) is 5.76 Å². The Labute approximate surface area is 173 Å². The normalized spacial score (nSPS) is 11.2. The Morgan fingerprint density at radius 3 is 2.78 bits per heavy atom. The third-order valence-corrected chi connectivity index (χ3v) is 6.77. The van der Waals surface area contributed by atoms with Crippen LogP contribution in [0.15, 0.2) is 54.6 Å². The summed E-state index contributed by atoms with van der Waals surface area (Å²) in [7, 11) is 0. The number of halogens is 1. The number of rotatable bonds is 8. The molecule has 0 fully saturated rings. The minimum absolute atomic E-state index is 0.207. The van der Waals surface area contributed by atoms with Gasteiger partial charge in [0.1, 0.15) is 11.5 Å². The average Bonchev–Trinajstić information content (AvgIpc) is 3.28. The predicted molar refractivity (Wildman–Crippen MR) is 111 cm³/mol. The highest BCUT2D eigenvalue weighted by atomic mass is 35.5. The van der Waals surface area contributed by atoms with E-state index in [1.54, 1.807) is 17.8 Å². The lowest BCUT2D eigenvalue weighted by atomic mass is 10.2.